The zero-order valence-electron chi connectivity index (χ0n) is 18.0. The number of hydrogen-bond donors (Lipinski definition) is 1. The SMILES string of the molecule is CCN(C(C)=O)c1nc(COC(=O)c2cc(S(=O)(=O)NC(C)(C)C)ccc2C)cs1. The lowest BCUT2D eigenvalue weighted by atomic mass is 10.1. The van der Waals surface area contributed by atoms with E-state index < -0.39 is 21.5 Å². The largest absolute Gasteiger partial charge is 0.456 e. The Bertz CT molecular complexity index is 1040. The van der Waals surface area contributed by atoms with Gasteiger partial charge in [0.1, 0.15) is 6.61 Å². The Labute approximate surface area is 181 Å². The second-order valence-electron chi connectivity index (χ2n) is 7.79. The molecule has 0 bridgehead atoms. The third-order valence-electron chi connectivity index (χ3n) is 4.00. The number of aromatic nitrogens is 1. The van der Waals surface area contributed by atoms with Crippen LogP contribution in [0.3, 0.4) is 0 Å². The van der Waals surface area contributed by atoms with Gasteiger partial charge in [-0.05, 0) is 52.3 Å². The number of amides is 1. The van der Waals surface area contributed by atoms with Crippen molar-refractivity contribution < 1.29 is 22.7 Å². The molecule has 0 spiro atoms. The molecule has 0 fully saturated rings. The summed E-state index contributed by atoms with van der Waals surface area (Å²) in [6.45, 7) is 10.6. The molecule has 2 rings (SSSR count). The molecule has 0 aliphatic rings. The molecule has 0 unspecified atom stereocenters. The highest BCUT2D eigenvalue weighted by Gasteiger charge is 2.24. The molecule has 2 aromatic rings. The van der Waals surface area contributed by atoms with Crippen molar-refractivity contribution in [3.8, 4) is 0 Å². The summed E-state index contributed by atoms with van der Waals surface area (Å²) in [5, 5.41) is 2.25. The Morgan fingerprint density at radius 3 is 2.50 bits per heavy atom. The normalized spacial score (nSPS) is 11.9. The first-order valence-electron chi connectivity index (χ1n) is 9.38. The van der Waals surface area contributed by atoms with Gasteiger partial charge in [-0.2, -0.15) is 0 Å². The van der Waals surface area contributed by atoms with Crippen molar-refractivity contribution in [3.63, 3.8) is 0 Å². The van der Waals surface area contributed by atoms with Crippen molar-refractivity contribution in [1.29, 1.82) is 0 Å². The van der Waals surface area contributed by atoms with Gasteiger partial charge in [0.15, 0.2) is 5.13 Å². The molecule has 0 saturated heterocycles. The summed E-state index contributed by atoms with van der Waals surface area (Å²) in [7, 11) is -3.78. The first-order valence-corrected chi connectivity index (χ1v) is 11.7. The Morgan fingerprint density at radius 2 is 1.93 bits per heavy atom. The van der Waals surface area contributed by atoms with Crippen LogP contribution in [0.15, 0.2) is 28.5 Å². The standard InChI is InChI=1S/C20H27N3O5S2/c1-7-23(14(3)24)19-21-15(12-29-19)11-28-18(25)17-10-16(9-8-13(17)2)30(26,27)22-20(4,5)6/h8-10,12,22H,7,11H2,1-6H3. The van der Waals surface area contributed by atoms with E-state index in [0.717, 1.165) is 0 Å². The molecule has 10 heteroatoms. The monoisotopic (exact) mass is 453 g/mol. The lowest BCUT2D eigenvalue weighted by molar-refractivity contribution is -0.116. The number of benzene rings is 1. The van der Waals surface area contributed by atoms with E-state index >= 15 is 0 Å². The number of carbonyl (C=O) groups is 2. The van der Waals surface area contributed by atoms with Gasteiger partial charge < -0.3 is 4.74 Å². The minimum absolute atomic E-state index is 0.00837. The van der Waals surface area contributed by atoms with Gasteiger partial charge in [0, 0.05) is 24.4 Å². The fraction of sp³-hybridized carbons (Fsp3) is 0.450. The Kier molecular flexibility index (Phi) is 7.38. The maximum Gasteiger partial charge on any atom is 0.338 e. The van der Waals surface area contributed by atoms with E-state index in [1.165, 1.54) is 35.3 Å². The quantitative estimate of drug-likeness (QED) is 0.645. The van der Waals surface area contributed by atoms with Gasteiger partial charge in [-0.1, -0.05) is 6.07 Å². The summed E-state index contributed by atoms with van der Waals surface area (Å²) in [6, 6.07) is 4.33. The average molecular weight is 454 g/mol. The van der Waals surface area contributed by atoms with Gasteiger partial charge in [0.05, 0.1) is 16.2 Å². The van der Waals surface area contributed by atoms with Gasteiger partial charge in [-0.15, -0.1) is 11.3 Å². The smallest absolute Gasteiger partial charge is 0.338 e. The number of hydrogen-bond acceptors (Lipinski definition) is 7. The molecule has 0 atom stereocenters. The molecular weight excluding hydrogens is 426 g/mol. The molecule has 164 valence electrons. The van der Waals surface area contributed by atoms with Crippen LogP contribution in [0, 0.1) is 6.92 Å². The molecule has 0 radical (unpaired) electrons. The van der Waals surface area contributed by atoms with Gasteiger partial charge in [-0.25, -0.2) is 22.9 Å². The summed E-state index contributed by atoms with van der Waals surface area (Å²) in [5.41, 5.74) is 0.626. The number of esters is 1. The lowest BCUT2D eigenvalue weighted by Gasteiger charge is -2.20. The van der Waals surface area contributed by atoms with Gasteiger partial charge in [-0.3, -0.25) is 9.69 Å². The Balaban J connectivity index is 2.16. The number of anilines is 1. The molecule has 1 amide bonds. The number of nitrogens with zero attached hydrogens (tertiary/aromatic N) is 2. The van der Waals surface area contributed by atoms with Crippen molar-refractivity contribution >= 4 is 38.4 Å². The molecule has 0 saturated carbocycles. The number of carbonyl (C=O) groups excluding carboxylic acids is 2. The maximum absolute atomic E-state index is 12.6. The fourth-order valence-electron chi connectivity index (χ4n) is 2.65. The molecule has 0 aliphatic heterocycles. The first kappa shape index (κ1) is 24.0. The number of sulfonamides is 1. The van der Waals surface area contributed by atoms with Crippen LogP contribution in [-0.4, -0.2) is 37.4 Å². The minimum Gasteiger partial charge on any atom is -0.456 e. The Hall–Kier alpha value is -2.30. The first-order chi connectivity index (χ1) is 13.8. The van der Waals surface area contributed by atoms with Crippen LogP contribution in [0.5, 0.6) is 0 Å². The second-order valence-corrected chi connectivity index (χ2v) is 10.3. The van der Waals surface area contributed by atoms with Gasteiger partial charge in [0.2, 0.25) is 15.9 Å². The van der Waals surface area contributed by atoms with Crippen molar-refractivity contribution in [2.75, 3.05) is 11.4 Å². The summed E-state index contributed by atoms with van der Waals surface area (Å²) < 4.78 is 33.0. The predicted molar refractivity (Wildman–Crippen MR) is 116 cm³/mol. The van der Waals surface area contributed by atoms with Crippen LogP contribution < -0.4 is 9.62 Å². The van der Waals surface area contributed by atoms with Crippen LogP contribution in [0.25, 0.3) is 0 Å². The zero-order valence-corrected chi connectivity index (χ0v) is 19.6. The van der Waals surface area contributed by atoms with E-state index in [-0.39, 0.29) is 23.0 Å². The summed E-state index contributed by atoms with van der Waals surface area (Å²) in [6.07, 6.45) is 0. The fourth-order valence-corrected chi connectivity index (χ4v) is 5.01. The molecular formula is C20H27N3O5S2. The van der Waals surface area contributed by atoms with E-state index in [2.05, 4.69) is 9.71 Å². The van der Waals surface area contributed by atoms with Gasteiger partial charge >= 0.3 is 5.97 Å². The molecule has 8 nitrogen and oxygen atoms in total. The van der Waals surface area contributed by atoms with E-state index in [0.29, 0.717) is 22.9 Å². The van der Waals surface area contributed by atoms with E-state index in [1.54, 1.807) is 39.1 Å². The van der Waals surface area contributed by atoms with Crippen molar-refractivity contribution in [3.05, 3.63) is 40.4 Å². The number of thiazole rings is 1. The number of aryl methyl sites for hydroxylation is 1. The van der Waals surface area contributed by atoms with Crippen LogP contribution in [-0.2, 0) is 26.2 Å². The van der Waals surface area contributed by atoms with E-state index in [4.69, 9.17) is 4.74 Å². The van der Waals surface area contributed by atoms with Crippen LogP contribution in [0.2, 0.25) is 0 Å². The topological polar surface area (TPSA) is 106 Å². The second kappa shape index (κ2) is 9.23. The molecule has 1 N–H and O–H groups in total. The summed E-state index contributed by atoms with van der Waals surface area (Å²) in [5.74, 6) is -0.762. The minimum atomic E-state index is -3.78. The van der Waals surface area contributed by atoms with Crippen molar-refractivity contribution in [2.24, 2.45) is 0 Å². The third-order valence-corrected chi connectivity index (χ3v) is 6.67. The summed E-state index contributed by atoms with van der Waals surface area (Å²) in [4.78, 5) is 30.1. The van der Waals surface area contributed by atoms with E-state index in [9.17, 15) is 18.0 Å². The highest BCUT2D eigenvalue weighted by Crippen LogP contribution is 2.22. The lowest BCUT2D eigenvalue weighted by Crippen LogP contribution is -2.40. The highest BCUT2D eigenvalue weighted by atomic mass is 32.2. The molecule has 0 aliphatic carbocycles. The number of ether oxygens (including phenoxy) is 1. The van der Waals surface area contributed by atoms with Crippen molar-refractivity contribution in [1.82, 2.24) is 9.71 Å². The molecule has 1 aromatic carbocycles. The van der Waals surface area contributed by atoms with E-state index in [1.807, 2.05) is 6.92 Å². The molecule has 1 heterocycles. The van der Waals surface area contributed by atoms with Gasteiger partial charge in [0.25, 0.3) is 0 Å². The Morgan fingerprint density at radius 1 is 1.27 bits per heavy atom. The van der Waals surface area contributed by atoms with Crippen LogP contribution in [0.1, 0.15) is 56.2 Å². The third kappa shape index (κ3) is 6.10. The summed E-state index contributed by atoms with van der Waals surface area (Å²) >= 11 is 1.29. The number of nitrogens with one attached hydrogen (secondary N) is 1. The number of rotatable bonds is 7. The highest BCUT2D eigenvalue weighted by molar-refractivity contribution is 7.89. The zero-order chi connectivity index (χ0) is 22.7. The maximum atomic E-state index is 12.6. The average Bonchev–Trinajstić information content (AvgIpc) is 3.06. The molecule has 30 heavy (non-hydrogen) atoms. The van der Waals surface area contributed by atoms with Crippen LogP contribution in [0.4, 0.5) is 5.13 Å². The molecule has 1 aromatic heterocycles. The van der Waals surface area contributed by atoms with Crippen LogP contribution >= 0.6 is 11.3 Å². The predicted octanol–water partition coefficient (Wildman–Crippen LogP) is 3.26. The van der Waals surface area contributed by atoms with Crippen molar-refractivity contribution in [2.45, 2.75) is 58.6 Å².